The van der Waals surface area contributed by atoms with Crippen LogP contribution in [0, 0.1) is 0 Å². The van der Waals surface area contributed by atoms with Gasteiger partial charge in [0.2, 0.25) is 0 Å². The summed E-state index contributed by atoms with van der Waals surface area (Å²) in [6.45, 7) is 0. The summed E-state index contributed by atoms with van der Waals surface area (Å²) in [4.78, 5) is 8.83. The van der Waals surface area contributed by atoms with E-state index >= 15 is 0 Å². The molecule has 0 aliphatic carbocycles. The Morgan fingerprint density at radius 2 is 1.86 bits per heavy atom. The van der Waals surface area contributed by atoms with E-state index < -0.39 is 0 Å². The first kappa shape index (κ1) is 12.3. The highest BCUT2D eigenvalue weighted by Gasteiger charge is 2.12. The SMILES string of the molecule is Nc1cnc2ccc(Br)cc2c1-n1cnc2ccccc21. The Kier molecular flexibility index (Phi) is 2.68. The van der Waals surface area contributed by atoms with Crippen LogP contribution in [0.25, 0.3) is 27.6 Å². The van der Waals surface area contributed by atoms with Crippen molar-refractivity contribution in [3.63, 3.8) is 0 Å². The number of fused-ring (bicyclic) bond motifs is 2. The Balaban J connectivity index is 2.14. The molecule has 2 aromatic heterocycles. The number of nitrogen functional groups attached to an aromatic ring is 1. The lowest BCUT2D eigenvalue weighted by molar-refractivity contribution is 1.10. The smallest absolute Gasteiger partial charge is 0.100 e. The predicted octanol–water partition coefficient (Wildman–Crippen LogP) is 3.92. The average molecular weight is 339 g/mol. The summed E-state index contributed by atoms with van der Waals surface area (Å²) in [5.41, 5.74) is 10.6. The third-order valence-corrected chi connectivity index (χ3v) is 4.02. The highest BCUT2D eigenvalue weighted by Crippen LogP contribution is 2.30. The van der Waals surface area contributed by atoms with E-state index in [0.717, 1.165) is 32.1 Å². The van der Waals surface area contributed by atoms with Gasteiger partial charge in [-0.15, -0.1) is 0 Å². The van der Waals surface area contributed by atoms with Crippen LogP contribution in [0.15, 0.2) is 59.5 Å². The van der Waals surface area contributed by atoms with Crippen molar-refractivity contribution < 1.29 is 0 Å². The molecule has 0 saturated carbocycles. The maximum atomic E-state index is 6.19. The Morgan fingerprint density at radius 1 is 1.00 bits per heavy atom. The van der Waals surface area contributed by atoms with Crippen molar-refractivity contribution in [2.45, 2.75) is 0 Å². The fourth-order valence-corrected chi connectivity index (χ4v) is 2.93. The molecule has 21 heavy (non-hydrogen) atoms. The molecule has 0 saturated heterocycles. The van der Waals surface area contributed by atoms with Crippen LogP contribution in [0.2, 0.25) is 0 Å². The van der Waals surface area contributed by atoms with Crippen molar-refractivity contribution in [1.82, 2.24) is 14.5 Å². The van der Waals surface area contributed by atoms with Gasteiger partial charge in [-0.25, -0.2) is 4.98 Å². The van der Waals surface area contributed by atoms with Crippen molar-refractivity contribution in [2.24, 2.45) is 0 Å². The molecule has 102 valence electrons. The number of nitrogens with two attached hydrogens (primary N) is 1. The number of halogens is 1. The summed E-state index contributed by atoms with van der Waals surface area (Å²) in [5.74, 6) is 0. The van der Waals surface area contributed by atoms with Gasteiger partial charge in [-0.3, -0.25) is 9.55 Å². The van der Waals surface area contributed by atoms with Crippen molar-refractivity contribution in [3.05, 3.63) is 59.5 Å². The number of pyridine rings is 1. The van der Waals surface area contributed by atoms with Gasteiger partial charge in [0.05, 0.1) is 34.1 Å². The van der Waals surface area contributed by atoms with Gasteiger partial charge in [0.25, 0.3) is 0 Å². The van der Waals surface area contributed by atoms with Crippen LogP contribution in [-0.4, -0.2) is 14.5 Å². The fraction of sp³-hybridized carbons (Fsp3) is 0. The quantitative estimate of drug-likeness (QED) is 0.572. The zero-order chi connectivity index (χ0) is 14.4. The Labute approximate surface area is 129 Å². The molecule has 0 aliphatic heterocycles. The van der Waals surface area contributed by atoms with Crippen LogP contribution < -0.4 is 5.73 Å². The van der Waals surface area contributed by atoms with Gasteiger partial charge in [-0.2, -0.15) is 0 Å². The maximum Gasteiger partial charge on any atom is 0.100 e. The molecule has 0 fully saturated rings. The average Bonchev–Trinajstić information content (AvgIpc) is 2.91. The fourth-order valence-electron chi connectivity index (χ4n) is 2.57. The minimum Gasteiger partial charge on any atom is -0.396 e. The molecule has 0 atom stereocenters. The second-order valence-electron chi connectivity index (χ2n) is 4.83. The zero-order valence-corrected chi connectivity index (χ0v) is 12.6. The first-order valence-corrected chi connectivity index (χ1v) is 7.29. The number of rotatable bonds is 1. The number of anilines is 1. The van der Waals surface area contributed by atoms with E-state index in [9.17, 15) is 0 Å². The standard InChI is InChI=1S/C16H11BrN4/c17-10-5-6-13-11(7-10)16(12(18)8-19-13)21-9-20-14-3-1-2-4-15(14)21/h1-9H,18H2. The van der Waals surface area contributed by atoms with Crippen molar-refractivity contribution in [3.8, 4) is 5.69 Å². The molecular weight excluding hydrogens is 328 g/mol. The molecule has 0 bridgehead atoms. The summed E-state index contributed by atoms with van der Waals surface area (Å²) in [7, 11) is 0. The summed E-state index contributed by atoms with van der Waals surface area (Å²) in [6.07, 6.45) is 3.50. The number of hydrogen-bond acceptors (Lipinski definition) is 3. The number of imidazole rings is 1. The lowest BCUT2D eigenvalue weighted by Crippen LogP contribution is -2.01. The Bertz CT molecular complexity index is 969. The molecular formula is C16H11BrN4. The number of benzene rings is 2. The number of aromatic nitrogens is 3. The van der Waals surface area contributed by atoms with E-state index in [2.05, 4.69) is 25.9 Å². The highest BCUT2D eigenvalue weighted by atomic mass is 79.9. The van der Waals surface area contributed by atoms with E-state index in [1.165, 1.54) is 0 Å². The molecule has 0 amide bonds. The summed E-state index contributed by atoms with van der Waals surface area (Å²) in [6, 6.07) is 14.0. The van der Waals surface area contributed by atoms with Crippen molar-refractivity contribution >= 4 is 43.6 Å². The van der Waals surface area contributed by atoms with Crippen molar-refractivity contribution in [1.29, 1.82) is 0 Å². The first-order valence-electron chi connectivity index (χ1n) is 6.50. The second kappa shape index (κ2) is 4.56. The molecule has 5 heteroatoms. The van der Waals surface area contributed by atoms with Gasteiger partial charge in [-0.05, 0) is 30.3 Å². The first-order chi connectivity index (χ1) is 10.2. The molecule has 2 heterocycles. The molecule has 0 spiro atoms. The Hall–Kier alpha value is -2.40. The number of nitrogens with zero attached hydrogens (tertiary/aromatic N) is 3. The highest BCUT2D eigenvalue weighted by molar-refractivity contribution is 9.10. The number of para-hydroxylation sites is 2. The van der Waals surface area contributed by atoms with E-state index in [4.69, 9.17) is 5.73 Å². The largest absolute Gasteiger partial charge is 0.396 e. The van der Waals surface area contributed by atoms with E-state index in [-0.39, 0.29) is 0 Å². The molecule has 4 aromatic rings. The van der Waals surface area contributed by atoms with Gasteiger partial charge < -0.3 is 5.73 Å². The lowest BCUT2D eigenvalue weighted by atomic mass is 10.1. The normalized spacial score (nSPS) is 11.3. The second-order valence-corrected chi connectivity index (χ2v) is 5.74. The lowest BCUT2D eigenvalue weighted by Gasteiger charge is -2.11. The van der Waals surface area contributed by atoms with Gasteiger partial charge in [-0.1, -0.05) is 28.1 Å². The van der Waals surface area contributed by atoms with E-state index in [1.807, 2.05) is 47.0 Å². The predicted molar refractivity (Wildman–Crippen MR) is 88.5 cm³/mol. The van der Waals surface area contributed by atoms with Gasteiger partial charge >= 0.3 is 0 Å². The summed E-state index contributed by atoms with van der Waals surface area (Å²) >= 11 is 3.51. The minimum absolute atomic E-state index is 0.628. The molecule has 0 aliphatic rings. The number of hydrogen-bond donors (Lipinski definition) is 1. The van der Waals surface area contributed by atoms with Gasteiger partial charge in [0.15, 0.2) is 0 Å². The van der Waals surface area contributed by atoms with Crippen molar-refractivity contribution in [2.75, 3.05) is 5.73 Å². The minimum atomic E-state index is 0.628. The topological polar surface area (TPSA) is 56.7 Å². The van der Waals surface area contributed by atoms with Crippen LogP contribution in [0.4, 0.5) is 5.69 Å². The Morgan fingerprint density at radius 3 is 2.76 bits per heavy atom. The van der Waals surface area contributed by atoms with Gasteiger partial charge in [0, 0.05) is 9.86 Å². The molecule has 2 aromatic carbocycles. The van der Waals surface area contributed by atoms with Crippen LogP contribution in [0.3, 0.4) is 0 Å². The molecule has 0 radical (unpaired) electrons. The van der Waals surface area contributed by atoms with Crippen LogP contribution in [-0.2, 0) is 0 Å². The van der Waals surface area contributed by atoms with E-state index in [0.29, 0.717) is 5.69 Å². The molecule has 0 unspecified atom stereocenters. The zero-order valence-electron chi connectivity index (χ0n) is 11.0. The molecule has 4 rings (SSSR count). The van der Waals surface area contributed by atoms with Gasteiger partial charge in [0.1, 0.15) is 6.33 Å². The maximum absolute atomic E-state index is 6.19. The summed E-state index contributed by atoms with van der Waals surface area (Å²) < 4.78 is 3.01. The third-order valence-electron chi connectivity index (χ3n) is 3.52. The van der Waals surface area contributed by atoms with Crippen LogP contribution in [0.5, 0.6) is 0 Å². The summed E-state index contributed by atoms with van der Waals surface area (Å²) in [5, 5.41) is 0.993. The van der Waals surface area contributed by atoms with Crippen LogP contribution in [0.1, 0.15) is 0 Å². The van der Waals surface area contributed by atoms with Crippen LogP contribution >= 0.6 is 15.9 Å². The monoisotopic (exact) mass is 338 g/mol. The third kappa shape index (κ3) is 1.89. The molecule has 4 nitrogen and oxygen atoms in total. The molecule has 2 N–H and O–H groups in total. The van der Waals surface area contributed by atoms with E-state index in [1.54, 1.807) is 12.5 Å².